The van der Waals surface area contributed by atoms with Crippen molar-refractivity contribution in [3.8, 4) is 0 Å². The first kappa shape index (κ1) is 21.4. The van der Waals surface area contributed by atoms with E-state index >= 15 is 0 Å². The molecule has 0 bridgehead atoms. The first-order valence-corrected chi connectivity index (χ1v) is 11.3. The fourth-order valence-corrected chi connectivity index (χ4v) is 5.25. The van der Waals surface area contributed by atoms with E-state index in [-0.39, 0.29) is 28.8 Å². The standard InChI is InChI=1S/C20H25N5O5S/c1-4-7-24-14(10-13-16(24)21(2)19(29)22(3)17(13)27)18(28)23-8-5-12(6-9-23)25-15(26)11-31-20(25)30/h10,12H,4-9,11H2,1-3H3. The highest BCUT2D eigenvalue weighted by Crippen LogP contribution is 2.27. The molecule has 0 saturated carbocycles. The average molecular weight is 448 g/mol. The second-order valence-corrected chi connectivity index (χ2v) is 8.89. The summed E-state index contributed by atoms with van der Waals surface area (Å²) in [6.07, 6.45) is 1.78. The van der Waals surface area contributed by atoms with Crippen molar-refractivity contribution in [1.82, 2.24) is 23.5 Å². The minimum Gasteiger partial charge on any atom is -0.337 e. The number of carbonyl (C=O) groups excluding carboxylic acids is 3. The maximum atomic E-state index is 13.4. The number of aryl methyl sites for hydroxylation is 2. The highest BCUT2D eigenvalue weighted by Gasteiger charge is 2.38. The van der Waals surface area contributed by atoms with Crippen LogP contribution in [0, 0.1) is 0 Å². The van der Waals surface area contributed by atoms with E-state index in [0.29, 0.717) is 49.2 Å². The Morgan fingerprint density at radius 3 is 2.35 bits per heavy atom. The van der Waals surface area contributed by atoms with Gasteiger partial charge < -0.3 is 9.47 Å². The van der Waals surface area contributed by atoms with Crippen LogP contribution in [0.25, 0.3) is 11.0 Å². The van der Waals surface area contributed by atoms with Crippen molar-refractivity contribution < 1.29 is 14.4 Å². The number of rotatable bonds is 4. The topological polar surface area (TPSA) is 107 Å². The van der Waals surface area contributed by atoms with E-state index in [1.54, 1.807) is 22.6 Å². The third-order valence-corrected chi connectivity index (χ3v) is 6.90. The second kappa shape index (κ2) is 8.03. The number of nitrogens with zero attached hydrogens (tertiary/aromatic N) is 5. The summed E-state index contributed by atoms with van der Waals surface area (Å²) in [6, 6.07) is 1.39. The molecule has 2 saturated heterocycles. The van der Waals surface area contributed by atoms with Gasteiger partial charge in [-0.2, -0.15) is 0 Å². The molecule has 2 aliphatic heterocycles. The van der Waals surface area contributed by atoms with Gasteiger partial charge in [0.05, 0.1) is 11.1 Å². The van der Waals surface area contributed by atoms with Crippen molar-refractivity contribution in [2.45, 2.75) is 38.8 Å². The molecule has 0 N–H and O–H groups in total. The van der Waals surface area contributed by atoms with E-state index in [1.165, 1.54) is 16.5 Å². The number of thioether (sulfide) groups is 1. The van der Waals surface area contributed by atoms with Crippen LogP contribution in [0.1, 0.15) is 36.7 Å². The van der Waals surface area contributed by atoms with Gasteiger partial charge >= 0.3 is 5.69 Å². The minimum absolute atomic E-state index is 0.167. The Bertz CT molecular complexity index is 1190. The van der Waals surface area contributed by atoms with Gasteiger partial charge in [0, 0.05) is 39.8 Å². The number of hydrogen-bond acceptors (Lipinski definition) is 6. The van der Waals surface area contributed by atoms with Gasteiger partial charge in [-0.25, -0.2) is 4.79 Å². The molecular weight excluding hydrogens is 422 g/mol. The monoisotopic (exact) mass is 447 g/mol. The molecular formula is C20H25N5O5S. The number of hydrogen-bond donors (Lipinski definition) is 0. The van der Waals surface area contributed by atoms with Crippen LogP contribution in [-0.2, 0) is 25.4 Å². The van der Waals surface area contributed by atoms with Crippen LogP contribution >= 0.6 is 11.8 Å². The molecule has 0 spiro atoms. The van der Waals surface area contributed by atoms with E-state index in [1.807, 2.05) is 6.92 Å². The Hall–Kier alpha value is -2.82. The minimum atomic E-state index is -0.439. The summed E-state index contributed by atoms with van der Waals surface area (Å²) in [7, 11) is 3.02. The van der Waals surface area contributed by atoms with Crippen LogP contribution in [-0.4, -0.2) is 65.4 Å². The average Bonchev–Trinajstić information content (AvgIpc) is 3.30. The molecule has 2 aromatic rings. The SMILES string of the molecule is CCCn1c(C(=O)N2CCC(N3C(=O)CSC3=O)CC2)cc2c(=O)n(C)c(=O)n(C)c21. The molecule has 0 aliphatic carbocycles. The quantitative estimate of drug-likeness (QED) is 0.685. The van der Waals surface area contributed by atoms with E-state index in [2.05, 4.69) is 0 Å². The Kier molecular flexibility index (Phi) is 5.54. The van der Waals surface area contributed by atoms with E-state index in [4.69, 9.17) is 0 Å². The summed E-state index contributed by atoms with van der Waals surface area (Å²) >= 11 is 1.02. The fraction of sp³-hybridized carbons (Fsp3) is 0.550. The molecule has 0 aromatic carbocycles. The molecule has 3 amide bonds. The molecule has 2 aromatic heterocycles. The molecule has 166 valence electrons. The van der Waals surface area contributed by atoms with Gasteiger partial charge in [0.15, 0.2) is 0 Å². The second-order valence-electron chi connectivity index (χ2n) is 7.97. The molecule has 31 heavy (non-hydrogen) atoms. The Balaban J connectivity index is 1.65. The van der Waals surface area contributed by atoms with Crippen LogP contribution in [0.4, 0.5) is 4.79 Å². The van der Waals surface area contributed by atoms with Gasteiger partial charge in [-0.05, 0) is 25.3 Å². The van der Waals surface area contributed by atoms with Gasteiger partial charge in [-0.3, -0.25) is 33.2 Å². The first-order chi connectivity index (χ1) is 14.8. The number of aromatic nitrogens is 3. The third-order valence-electron chi connectivity index (χ3n) is 6.06. The zero-order chi connectivity index (χ0) is 22.4. The summed E-state index contributed by atoms with van der Waals surface area (Å²) in [5, 5.41) is 0.121. The largest absolute Gasteiger partial charge is 0.337 e. The smallest absolute Gasteiger partial charge is 0.332 e. The number of amides is 3. The van der Waals surface area contributed by atoms with Gasteiger partial charge in [0.1, 0.15) is 11.3 Å². The Morgan fingerprint density at radius 1 is 1.10 bits per heavy atom. The molecule has 4 rings (SSSR count). The van der Waals surface area contributed by atoms with E-state index in [9.17, 15) is 24.0 Å². The molecule has 0 radical (unpaired) electrons. The van der Waals surface area contributed by atoms with Gasteiger partial charge in [-0.1, -0.05) is 18.7 Å². The van der Waals surface area contributed by atoms with Crippen LogP contribution < -0.4 is 11.2 Å². The van der Waals surface area contributed by atoms with Crippen molar-refractivity contribution in [3.05, 3.63) is 32.6 Å². The summed E-state index contributed by atoms with van der Waals surface area (Å²) in [5.41, 5.74) is -0.0502. The van der Waals surface area contributed by atoms with Crippen molar-refractivity contribution >= 4 is 39.8 Å². The van der Waals surface area contributed by atoms with Crippen LogP contribution in [0.5, 0.6) is 0 Å². The highest BCUT2D eigenvalue weighted by molar-refractivity contribution is 8.14. The Morgan fingerprint density at radius 2 is 1.77 bits per heavy atom. The number of likely N-dealkylation sites (tertiary alicyclic amines) is 1. The van der Waals surface area contributed by atoms with Crippen molar-refractivity contribution in [2.75, 3.05) is 18.8 Å². The molecule has 11 heteroatoms. The van der Waals surface area contributed by atoms with Gasteiger partial charge in [0.25, 0.3) is 16.7 Å². The lowest BCUT2D eigenvalue weighted by Crippen LogP contribution is -2.48. The molecule has 2 fully saturated rings. The van der Waals surface area contributed by atoms with Crippen LogP contribution in [0.3, 0.4) is 0 Å². The third kappa shape index (κ3) is 3.40. The molecule has 0 unspecified atom stereocenters. The number of fused-ring (bicyclic) bond motifs is 1. The van der Waals surface area contributed by atoms with Gasteiger partial charge in [0.2, 0.25) is 5.91 Å². The predicted octanol–water partition coefficient (Wildman–Crippen LogP) is 0.749. The summed E-state index contributed by atoms with van der Waals surface area (Å²) in [5.74, 6) is -0.200. The first-order valence-electron chi connectivity index (χ1n) is 10.3. The van der Waals surface area contributed by atoms with Crippen molar-refractivity contribution in [1.29, 1.82) is 0 Å². The number of imide groups is 1. The predicted molar refractivity (Wildman–Crippen MR) is 116 cm³/mol. The van der Waals surface area contributed by atoms with E-state index in [0.717, 1.165) is 22.7 Å². The lowest BCUT2D eigenvalue weighted by atomic mass is 10.0. The van der Waals surface area contributed by atoms with E-state index < -0.39 is 11.2 Å². The van der Waals surface area contributed by atoms with Crippen molar-refractivity contribution in [3.63, 3.8) is 0 Å². The molecule has 2 aliphatic rings. The van der Waals surface area contributed by atoms with Crippen molar-refractivity contribution in [2.24, 2.45) is 14.1 Å². The molecule has 0 atom stereocenters. The summed E-state index contributed by atoms with van der Waals surface area (Å²) in [4.78, 5) is 65.4. The molecule has 10 nitrogen and oxygen atoms in total. The maximum absolute atomic E-state index is 13.4. The fourth-order valence-electron chi connectivity index (χ4n) is 4.47. The number of carbonyl (C=O) groups is 3. The highest BCUT2D eigenvalue weighted by atomic mass is 32.2. The normalized spacial score (nSPS) is 17.9. The lowest BCUT2D eigenvalue weighted by molar-refractivity contribution is -0.126. The summed E-state index contributed by atoms with van der Waals surface area (Å²) in [6.45, 7) is 3.29. The maximum Gasteiger partial charge on any atom is 0.332 e. The lowest BCUT2D eigenvalue weighted by Gasteiger charge is -2.35. The van der Waals surface area contributed by atoms with Crippen LogP contribution in [0.15, 0.2) is 15.7 Å². The molecule has 4 heterocycles. The summed E-state index contributed by atoms with van der Waals surface area (Å²) < 4.78 is 4.19. The zero-order valence-electron chi connectivity index (χ0n) is 17.8. The van der Waals surface area contributed by atoms with Crippen LogP contribution in [0.2, 0.25) is 0 Å². The Labute approximate surface area is 182 Å². The number of piperidine rings is 1. The van der Waals surface area contributed by atoms with Gasteiger partial charge in [-0.15, -0.1) is 0 Å². The zero-order valence-corrected chi connectivity index (χ0v) is 18.6.